The Morgan fingerprint density at radius 2 is 1.63 bits per heavy atom. The molecule has 0 spiro atoms. The summed E-state index contributed by atoms with van der Waals surface area (Å²) in [6, 6.07) is 20.9. The lowest BCUT2D eigenvalue weighted by molar-refractivity contribution is 0.0234. The Morgan fingerprint density at radius 3 is 2.37 bits per heavy atom. The molecule has 6 nitrogen and oxygen atoms in total. The number of benzene rings is 3. The van der Waals surface area contributed by atoms with Gasteiger partial charge < -0.3 is 10.4 Å². The van der Waals surface area contributed by atoms with Gasteiger partial charge in [-0.25, -0.2) is 14.7 Å². The standard InChI is InChI=1S/C23H21FN2O4/c24-13-18-11-10-17(12-20(18)23(28)29)14-25-21-9-5-4-8-19(21)22(27)26-30-15-16-6-2-1-3-7-16/h1-12,25H,13-15H2,(H,26,27)(H,28,29). The lowest BCUT2D eigenvalue weighted by Crippen LogP contribution is -2.24. The number of hydrogen-bond acceptors (Lipinski definition) is 4. The average molecular weight is 408 g/mol. The van der Waals surface area contributed by atoms with Crippen LogP contribution in [-0.4, -0.2) is 17.0 Å². The predicted octanol–water partition coefficient (Wildman–Crippen LogP) is 4.33. The molecule has 154 valence electrons. The van der Waals surface area contributed by atoms with Crippen LogP contribution in [0.5, 0.6) is 0 Å². The van der Waals surface area contributed by atoms with Crippen molar-refractivity contribution >= 4 is 17.6 Å². The fraction of sp³-hybridized carbons (Fsp3) is 0.130. The van der Waals surface area contributed by atoms with Crippen LogP contribution in [0.15, 0.2) is 72.8 Å². The molecule has 0 unspecified atom stereocenters. The molecule has 0 aliphatic heterocycles. The number of rotatable bonds is 9. The Morgan fingerprint density at radius 1 is 0.900 bits per heavy atom. The maximum absolute atomic E-state index is 12.9. The summed E-state index contributed by atoms with van der Waals surface area (Å²) in [5, 5.41) is 12.4. The second-order valence-corrected chi connectivity index (χ2v) is 6.53. The summed E-state index contributed by atoms with van der Waals surface area (Å²) in [6.45, 7) is -0.343. The normalized spacial score (nSPS) is 10.4. The van der Waals surface area contributed by atoms with Gasteiger partial charge in [-0.3, -0.25) is 9.63 Å². The first-order chi connectivity index (χ1) is 14.6. The molecule has 0 radical (unpaired) electrons. The Labute approximate surface area is 173 Å². The summed E-state index contributed by atoms with van der Waals surface area (Å²) in [6.07, 6.45) is 0. The molecule has 30 heavy (non-hydrogen) atoms. The SMILES string of the molecule is O=C(O)c1cc(CNc2ccccc2C(=O)NOCc2ccccc2)ccc1CF. The molecular weight excluding hydrogens is 387 g/mol. The maximum Gasteiger partial charge on any atom is 0.336 e. The van der Waals surface area contributed by atoms with Crippen LogP contribution in [0.2, 0.25) is 0 Å². The van der Waals surface area contributed by atoms with E-state index in [2.05, 4.69) is 10.8 Å². The third-order valence-electron chi connectivity index (χ3n) is 4.45. The second-order valence-electron chi connectivity index (χ2n) is 6.53. The molecule has 3 rings (SSSR count). The summed E-state index contributed by atoms with van der Waals surface area (Å²) in [5.41, 5.74) is 5.00. The summed E-state index contributed by atoms with van der Waals surface area (Å²) in [4.78, 5) is 29.1. The van der Waals surface area contributed by atoms with E-state index in [9.17, 15) is 19.1 Å². The van der Waals surface area contributed by atoms with Crippen molar-refractivity contribution in [3.63, 3.8) is 0 Å². The van der Waals surface area contributed by atoms with E-state index in [0.29, 0.717) is 16.8 Å². The summed E-state index contributed by atoms with van der Waals surface area (Å²) < 4.78 is 12.9. The van der Waals surface area contributed by atoms with Crippen LogP contribution in [0.1, 0.15) is 37.4 Å². The van der Waals surface area contributed by atoms with Crippen molar-refractivity contribution in [3.8, 4) is 0 Å². The number of carbonyl (C=O) groups excluding carboxylic acids is 1. The van der Waals surface area contributed by atoms with E-state index < -0.39 is 18.6 Å². The van der Waals surface area contributed by atoms with Crippen molar-refractivity contribution in [2.45, 2.75) is 19.8 Å². The number of carboxylic acids is 1. The van der Waals surface area contributed by atoms with Crippen molar-refractivity contribution < 1.29 is 23.9 Å². The minimum atomic E-state index is -1.18. The molecule has 3 aromatic carbocycles. The molecule has 0 bridgehead atoms. The monoisotopic (exact) mass is 408 g/mol. The zero-order chi connectivity index (χ0) is 21.3. The molecule has 0 fully saturated rings. The molecule has 0 aliphatic rings. The van der Waals surface area contributed by atoms with Crippen LogP contribution < -0.4 is 10.8 Å². The second kappa shape index (κ2) is 10.2. The van der Waals surface area contributed by atoms with Gasteiger partial charge >= 0.3 is 5.97 Å². The molecule has 0 heterocycles. The number of carboxylic acid groups (broad SMARTS) is 1. The van der Waals surface area contributed by atoms with E-state index in [1.54, 1.807) is 30.3 Å². The average Bonchev–Trinajstić information content (AvgIpc) is 2.78. The fourth-order valence-corrected chi connectivity index (χ4v) is 2.90. The third-order valence-corrected chi connectivity index (χ3v) is 4.45. The molecule has 1 amide bonds. The van der Waals surface area contributed by atoms with Gasteiger partial charge in [0.2, 0.25) is 0 Å². The lowest BCUT2D eigenvalue weighted by Gasteiger charge is -2.13. The van der Waals surface area contributed by atoms with Crippen molar-refractivity contribution in [2.24, 2.45) is 0 Å². The minimum absolute atomic E-state index is 0.0721. The zero-order valence-corrected chi connectivity index (χ0v) is 16.1. The molecule has 3 N–H and O–H groups in total. The molecule has 0 saturated heterocycles. The van der Waals surface area contributed by atoms with Crippen LogP contribution in [-0.2, 0) is 24.7 Å². The van der Waals surface area contributed by atoms with E-state index in [-0.39, 0.29) is 24.3 Å². The highest BCUT2D eigenvalue weighted by molar-refractivity contribution is 5.99. The Balaban J connectivity index is 1.64. The van der Waals surface area contributed by atoms with E-state index in [1.165, 1.54) is 12.1 Å². The molecule has 0 aliphatic carbocycles. The maximum atomic E-state index is 12.9. The van der Waals surface area contributed by atoms with Crippen LogP contribution >= 0.6 is 0 Å². The molecule has 0 aromatic heterocycles. The first kappa shape index (κ1) is 21.0. The molecule has 0 atom stereocenters. The van der Waals surface area contributed by atoms with Gasteiger partial charge in [-0.05, 0) is 34.9 Å². The van der Waals surface area contributed by atoms with E-state index >= 15 is 0 Å². The highest BCUT2D eigenvalue weighted by Gasteiger charge is 2.13. The van der Waals surface area contributed by atoms with Crippen molar-refractivity contribution in [2.75, 3.05) is 5.32 Å². The number of hydroxylamine groups is 1. The number of anilines is 1. The lowest BCUT2D eigenvalue weighted by atomic mass is 10.0. The molecule has 3 aromatic rings. The van der Waals surface area contributed by atoms with Gasteiger partial charge in [-0.1, -0.05) is 54.6 Å². The molecular formula is C23H21FN2O4. The number of hydrogen-bond donors (Lipinski definition) is 3. The number of nitrogens with one attached hydrogen (secondary N) is 2. The third kappa shape index (κ3) is 5.42. The molecule has 7 heteroatoms. The topological polar surface area (TPSA) is 87.7 Å². The van der Waals surface area contributed by atoms with Crippen molar-refractivity contribution in [1.29, 1.82) is 0 Å². The van der Waals surface area contributed by atoms with Crippen molar-refractivity contribution in [1.82, 2.24) is 5.48 Å². The largest absolute Gasteiger partial charge is 0.478 e. The number of para-hydroxylation sites is 1. The van der Waals surface area contributed by atoms with Gasteiger partial charge in [-0.2, -0.15) is 0 Å². The Hall–Kier alpha value is -3.71. The quantitative estimate of drug-likeness (QED) is 0.459. The number of aromatic carboxylic acids is 1. The van der Waals surface area contributed by atoms with Gasteiger partial charge in [0.15, 0.2) is 0 Å². The summed E-state index contributed by atoms with van der Waals surface area (Å²) in [7, 11) is 0. The highest BCUT2D eigenvalue weighted by atomic mass is 19.1. The van der Waals surface area contributed by atoms with Gasteiger partial charge in [-0.15, -0.1) is 0 Å². The summed E-state index contributed by atoms with van der Waals surface area (Å²) in [5.74, 6) is -1.59. The van der Waals surface area contributed by atoms with Crippen LogP contribution in [0.4, 0.5) is 10.1 Å². The smallest absolute Gasteiger partial charge is 0.336 e. The predicted molar refractivity (Wildman–Crippen MR) is 111 cm³/mol. The van der Waals surface area contributed by atoms with E-state index in [1.807, 2.05) is 30.3 Å². The first-order valence-corrected chi connectivity index (χ1v) is 9.28. The van der Waals surface area contributed by atoms with Gasteiger partial charge in [0.25, 0.3) is 5.91 Å². The van der Waals surface area contributed by atoms with Gasteiger partial charge in [0.05, 0.1) is 17.7 Å². The fourth-order valence-electron chi connectivity index (χ4n) is 2.90. The van der Waals surface area contributed by atoms with Crippen LogP contribution in [0, 0.1) is 0 Å². The van der Waals surface area contributed by atoms with Gasteiger partial charge in [0.1, 0.15) is 6.67 Å². The number of alkyl halides is 1. The minimum Gasteiger partial charge on any atom is -0.478 e. The molecule has 0 saturated carbocycles. The van der Waals surface area contributed by atoms with Crippen molar-refractivity contribution in [3.05, 3.63) is 101 Å². The van der Waals surface area contributed by atoms with Gasteiger partial charge in [0, 0.05) is 12.2 Å². The first-order valence-electron chi connectivity index (χ1n) is 9.28. The number of amides is 1. The summed E-state index contributed by atoms with van der Waals surface area (Å²) >= 11 is 0. The number of carbonyl (C=O) groups is 2. The van der Waals surface area contributed by atoms with Crippen LogP contribution in [0.25, 0.3) is 0 Å². The van der Waals surface area contributed by atoms with E-state index in [0.717, 1.165) is 5.56 Å². The van der Waals surface area contributed by atoms with E-state index in [4.69, 9.17) is 4.84 Å². The Bertz CT molecular complexity index is 1020. The number of halogens is 1. The highest BCUT2D eigenvalue weighted by Crippen LogP contribution is 2.18. The van der Waals surface area contributed by atoms with Crippen LogP contribution in [0.3, 0.4) is 0 Å². The Kier molecular flexibility index (Phi) is 7.13. The zero-order valence-electron chi connectivity index (χ0n) is 16.1.